The molecule has 0 unspecified atom stereocenters. The van der Waals surface area contributed by atoms with Gasteiger partial charge in [-0.3, -0.25) is 4.67 Å². The monoisotopic (exact) mass is 424 g/mol. The molecule has 4 nitrogen and oxygen atoms in total. The van der Waals surface area contributed by atoms with Gasteiger partial charge in [-0.2, -0.15) is 0 Å². The van der Waals surface area contributed by atoms with Crippen LogP contribution in [0.3, 0.4) is 0 Å². The van der Waals surface area contributed by atoms with Crippen LogP contribution in [0, 0.1) is 6.92 Å². The fourth-order valence-electron chi connectivity index (χ4n) is 3.00. The van der Waals surface area contributed by atoms with E-state index in [1.807, 2.05) is 72.3 Å². The molecule has 0 N–H and O–H groups in total. The first-order valence-corrected chi connectivity index (χ1v) is 11.5. The van der Waals surface area contributed by atoms with Crippen molar-refractivity contribution in [1.29, 1.82) is 0 Å². The second kappa shape index (κ2) is 9.16. The summed E-state index contributed by atoms with van der Waals surface area (Å²) in [6.07, 6.45) is 1.96. The molecule has 7 heteroatoms. The SMILES string of the molecule is Cc1ccc(N2CC=C(c3ccccc3)O[P@]2(=O)N(CCCl)CCCl)cc1. The molecule has 0 fully saturated rings. The predicted molar refractivity (Wildman–Crippen MR) is 115 cm³/mol. The van der Waals surface area contributed by atoms with Gasteiger partial charge in [-0.25, -0.2) is 9.24 Å². The fraction of sp³-hybridized carbons (Fsp3) is 0.300. The van der Waals surface area contributed by atoms with E-state index < -0.39 is 7.67 Å². The Hall–Kier alpha value is -1.45. The van der Waals surface area contributed by atoms with E-state index in [0.29, 0.717) is 37.2 Å². The second-order valence-corrected chi connectivity index (χ2v) is 9.23. The molecule has 27 heavy (non-hydrogen) atoms. The summed E-state index contributed by atoms with van der Waals surface area (Å²) >= 11 is 12.0. The zero-order valence-corrected chi connectivity index (χ0v) is 17.6. The third-order valence-corrected chi connectivity index (χ3v) is 7.30. The van der Waals surface area contributed by atoms with Crippen molar-refractivity contribution >= 4 is 42.3 Å². The highest BCUT2D eigenvalue weighted by molar-refractivity contribution is 7.58. The highest BCUT2D eigenvalue weighted by Crippen LogP contribution is 2.60. The highest BCUT2D eigenvalue weighted by atomic mass is 35.5. The first kappa shape index (κ1) is 20.3. The summed E-state index contributed by atoms with van der Waals surface area (Å²) in [5.41, 5.74) is 2.89. The molecule has 0 aliphatic carbocycles. The van der Waals surface area contributed by atoms with Crippen molar-refractivity contribution in [1.82, 2.24) is 4.67 Å². The van der Waals surface area contributed by atoms with Crippen LogP contribution in [0.1, 0.15) is 11.1 Å². The number of aryl methyl sites for hydroxylation is 1. The number of nitrogens with zero attached hydrogens (tertiary/aromatic N) is 2. The molecule has 1 heterocycles. The Balaban J connectivity index is 2.03. The number of hydrogen-bond donors (Lipinski definition) is 0. The number of anilines is 1. The Morgan fingerprint density at radius 2 is 1.67 bits per heavy atom. The maximum absolute atomic E-state index is 14.2. The van der Waals surface area contributed by atoms with Crippen molar-refractivity contribution in [2.45, 2.75) is 6.92 Å². The van der Waals surface area contributed by atoms with Gasteiger partial charge in [0.2, 0.25) is 0 Å². The molecule has 0 spiro atoms. The Morgan fingerprint density at radius 1 is 1.04 bits per heavy atom. The maximum atomic E-state index is 14.2. The largest absolute Gasteiger partial charge is 0.422 e. The van der Waals surface area contributed by atoms with Gasteiger partial charge < -0.3 is 4.52 Å². The lowest BCUT2D eigenvalue weighted by atomic mass is 10.2. The third-order valence-electron chi connectivity index (χ3n) is 4.40. The van der Waals surface area contributed by atoms with Gasteiger partial charge >= 0.3 is 7.67 Å². The van der Waals surface area contributed by atoms with Crippen LogP contribution in [0.5, 0.6) is 0 Å². The zero-order valence-electron chi connectivity index (χ0n) is 15.2. The third kappa shape index (κ3) is 4.52. The number of hydrogen-bond acceptors (Lipinski definition) is 2. The minimum absolute atomic E-state index is 0.344. The van der Waals surface area contributed by atoms with E-state index in [1.165, 1.54) is 0 Å². The van der Waals surface area contributed by atoms with Crippen LogP contribution in [-0.4, -0.2) is 36.1 Å². The van der Waals surface area contributed by atoms with E-state index in [0.717, 1.165) is 16.8 Å². The Bertz CT molecular complexity index is 822. The van der Waals surface area contributed by atoms with Crippen LogP contribution >= 0.6 is 30.9 Å². The molecular weight excluding hydrogens is 402 g/mol. The van der Waals surface area contributed by atoms with Crippen molar-refractivity contribution in [3.8, 4) is 0 Å². The summed E-state index contributed by atoms with van der Waals surface area (Å²) in [6, 6.07) is 17.7. The van der Waals surface area contributed by atoms with E-state index in [1.54, 1.807) is 4.67 Å². The van der Waals surface area contributed by atoms with Crippen molar-refractivity contribution in [3.63, 3.8) is 0 Å². The molecule has 0 amide bonds. The molecule has 1 aliphatic heterocycles. The zero-order chi connectivity index (χ0) is 19.3. The van der Waals surface area contributed by atoms with Gasteiger partial charge in [0.25, 0.3) is 0 Å². The molecule has 0 bridgehead atoms. The van der Waals surface area contributed by atoms with Gasteiger partial charge in [0, 0.05) is 36.1 Å². The maximum Gasteiger partial charge on any atom is 0.422 e. The minimum atomic E-state index is -3.40. The van der Waals surface area contributed by atoms with E-state index in [2.05, 4.69) is 0 Å². The van der Waals surface area contributed by atoms with Crippen molar-refractivity contribution < 1.29 is 9.09 Å². The molecule has 1 aliphatic rings. The summed E-state index contributed by atoms with van der Waals surface area (Å²) in [5, 5.41) is 0. The number of rotatable bonds is 7. The first-order chi connectivity index (χ1) is 13.1. The summed E-state index contributed by atoms with van der Waals surface area (Å²) in [5.74, 6) is 1.31. The molecule has 1 atom stereocenters. The molecule has 0 saturated heterocycles. The smallest absolute Gasteiger partial charge is 0.417 e. The number of alkyl halides is 2. The van der Waals surface area contributed by atoms with Crippen LogP contribution in [-0.2, 0) is 9.09 Å². The topological polar surface area (TPSA) is 32.8 Å². The van der Waals surface area contributed by atoms with Gasteiger partial charge in [0.05, 0.1) is 6.54 Å². The van der Waals surface area contributed by atoms with Gasteiger partial charge in [0.15, 0.2) is 0 Å². The van der Waals surface area contributed by atoms with Crippen molar-refractivity contribution in [3.05, 3.63) is 71.8 Å². The second-order valence-electron chi connectivity index (χ2n) is 6.27. The minimum Gasteiger partial charge on any atom is -0.417 e. The number of benzene rings is 2. The van der Waals surface area contributed by atoms with Crippen LogP contribution in [0.25, 0.3) is 5.76 Å². The van der Waals surface area contributed by atoms with E-state index in [4.69, 9.17) is 27.7 Å². The van der Waals surface area contributed by atoms with E-state index >= 15 is 0 Å². The molecular formula is C20H23Cl2N2O2P. The van der Waals surface area contributed by atoms with Crippen LogP contribution in [0.4, 0.5) is 5.69 Å². The Kier molecular flexibility index (Phi) is 6.88. The Morgan fingerprint density at radius 3 is 2.26 bits per heavy atom. The predicted octanol–water partition coefficient (Wildman–Crippen LogP) is 5.76. The van der Waals surface area contributed by atoms with Crippen molar-refractivity contribution in [2.75, 3.05) is 36.1 Å². The molecule has 2 aromatic carbocycles. The van der Waals surface area contributed by atoms with Crippen LogP contribution in [0.2, 0.25) is 0 Å². The van der Waals surface area contributed by atoms with Gasteiger partial charge in [0.1, 0.15) is 5.76 Å². The lowest BCUT2D eigenvalue weighted by Gasteiger charge is -2.41. The van der Waals surface area contributed by atoms with E-state index in [9.17, 15) is 4.57 Å². The van der Waals surface area contributed by atoms with Crippen LogP contribution in [0.15, 0.2) is 60.7 Å². The average Bonchev–Trinajstić information content (AvgIpc) is 2.69. The molecule has 0 aromatic heterocycles. The standard InChI is InChI=1S/C20H23Cl2N2O2P/c1-17-7-9-19(10-8-17)24-14-11-20(18-5-3-2-4-6-18)26-27(24,25)23(15-12-21)16-13-22/h2-11H,12-16H2,1H3/t27-/m1/s1. The van der Waals surface area contributed by atoms with Crippen molar-refractivity contribution in [2.24, 2.45) is 0 Å². The van der Waals surface area contributed by atoms with E-state index in [-0.39, 0.29) is 0 Å². The van der Waals surface area contributed by atoms with Gasteiger partial charge in [-0.05, 0) is 25.1 Å². The summed E-state index contributed by atoms with van der Waals surface area (Å²) in [6.45, 7) is 3.36. The van der Waals surface area contributed by atoms with Gasteiger partial charge in [-0.15, -0.1) is 23.2 Å². The Labute approximate surface area is 170 Å². The van der Waals surface area contributed by atoms with Crippen LogP contribution < -0.4 is 4.67 Å². The molecule has 3 rings (SSSR count). The lowest BCUT2D eigenvalue weighted by Crippen LogP contribution is -2.37. The molecule has 144 valence electrons. The molecule has 0 radical (unpaired) electrons. The first-order valence-electron chi connectivity index (χ1n) is 8.86. The highest BCUT2D eigenvalue weighted by Gasteiger charge is 2.42. The fourth-order valence-corrected chi connectivity index (χ4v) is 6.02. The number of halogens is 2. The summed E-state index contributed by atoms with van der Waals surface area (Å²) in [7, 11) is -3.40. The summed E-state index contributed by atoms with van der Waals surface area (Å²) < 4.78 is 23.9. The molecule has 2 aromatic rings. The lowest BCUT2D eigenvalue weighted by molar-refractivity contribution is 0.350. The van der Waals surface area contributed by atoms with Gasteiger partial charge in [-0.1, -0.05) is 48.0 Å². The molecule has 0 saturated carbocycles. The summed E-state index contributed by atoms with van der Waals surface area (Å²) in [4.78, 5) is 0. The average molecular weight is 425 g/mol. The normalized spacial score (nSPS) is 19.7. The quantitative estimate of drug-likeness (QED) is 0.417.